The van der Waals surface area contributed by atoms with Gasteiger partial charge in [-0.3, -0.25) is 14.9 Å². The van der Waals surface area contributed by atoms with Gasteiger partial charge in [0, 0.05) is 29.3 Å². The molecule has 0 radical (unpaired) electrons. The lowest BCUT2D eigenvalue weighted by Crippen LogP contribution is -2.26. The van der Waals surface area contributed by atoms with E-state index in [2.05, 4.69) is 5.32 Å². The number of nitrogens with one attached hydrogen (secondary N) is 1. The van der Waals surface area contributed by atoms with Crippen molar-refractivity contribution in [2.24, 2.45) is 0 Å². The number of benzene rings is 3. The van der Waals surface area contributed by atoms with Crippen LogP contribution in [0.5, 0.6) is 0 Å². The molecule has 5 heteroatoms. The van der Waals surface area contributed by atoms with Crippen LogP contribution >= 0.6 is 0 Å². The molecule has 1 aliphatic heterocycles. The van der Waals surface area contributed by atoms with Crippen LogP contribution in [0.2, 0.25) is 0 Å². The molecule has 0 aromatic heterocycles. The molecule has 5 rings (SSSR count). The van der Waals surface area contributed by atoms with Crippen LogP contribution < -0.4 is 5.32 Å². The number of hydrogen-bond donors (Lipinski definition) is 1. The molecule has 0 spiro atoms. The van der Waals surface area contributed by atoms with E-state index in [9.17, 15) is 14.9 Å². The van der Waals surface area contributed by atoms with E-state index >= 15 is 0 Å². The molecule has 28 heavy (non-hydrogen) atoms. The summed E-state index contributed by atoms with van der Waals surface area (Å²) in [4.78, 5) is 24.3. The summed E-state index contributed by atoms with van der Waals surface area (Å²) >= 11 is 0. The number of para-hydroxylation sites is 1. The Balaban J connectivity index is 1.80. The number of ketones is 1. The van der Waals surface area contributed by atoms with Crippen molar-refractivity contribution in [3.05, 3.63) is 87.5 Å². The van der Waals surface area contributed by atoms with E-state index in [4.69, 9.17) is 0 Å². The van der Waals surface area contributed by atoms with Gasteiger partial charge in [-0.25, -0.2) is 0 Å². The quantitative estimate of drug-likeness (QED) is 0.483. The zero-order chi connectivity index (χ0) is 19.3. The number of anilines is 1. The molecule has 0 saturated carbocycles. The molecule has 0 saturated heterocycles. The maximum atomic E-state index is 13.0. The topological polar surface area (TPSA) is 72.2 Å². The van der Waals surface area contributed by atoms with Crippen molar-refractivity contribution in [2.75, 3.05) is 5.32 Å². The highest BCUT2D eigenvalue weighted by molar-refractivity contribution is 6.27. The molecular weight excluding hydrogens is 352 g/mol. The molecule has 0 amide bonds. The van der Waals surface area contributed by atoms with Crippen LogP contribution in [0.25, 0.3) is 16.3 Å². The first-order chi connectivity index (χ1) is 13.6. The average Bonchev–Trinajstić information content (AvgIpc) is 2.73. The van der Waals surface area contributed by atoms with Gasteiger partial charge in [-0.2, -0.15) is 0 Å². The van der Waals surface area contributed by atoms with Gasteiger partial charge in [-0.05, 0) is 41.3 Å². The summed E-state index contributed by atoms with van der Waals surface area (Å²) in [5.41, 5.74) is 4.19. The fourth-order valence-corrected chi connectivity index (χ4v) is 4.52. The first-order valence-corrected chi connectivity index (χ1v) is 9.43. The van der Waals surface area contributed by atoms with Crippen LogP contribution in [-0.2, 0) is 4.79 Å². The molecule has 1 heterocycles. The summed E-state index contributed by atoms with van der Waals surface area (Å²) in [6.45, 7) is 0. The highest BCUT2D eigenvalue weighted by Gasteiger charge is 2.36. The minimum Gasteiger partial charge on any atom is -0.374 e. The van der Waals surface area contributed by atoms with Crippen molar-refractivity contribution in [2.45, 2.75) is 25.3 Å². The molecule has 1 aliphatic carbocycles. The largest absolute Gasteiger partial charge is 0.374 e. The van der Waals surface area contributed by atoms with Gasteiger partial charge in [0.25, 0.3) is 5.69 Å². The van der Waals surface area contributed by atoms with Crippen molar-refractivity contribution < 1.29 is 9.72 Å². The van der Waals surface area contributed by atoms with Crippen molar-refractivity contribution >= 4 is 33.5 Å². The minimum absolute atomic E-state index is 0.0779. The van der Waals surface area contributed by atoms with Gasteiger partial charge in [-0.15, -0.1) is 0 Å². The lowest BCUT2D eigenvalue weighted by atomic mass is 9.76. The van der Waals surface area contributed by atoms with Crippen LogP contribution in [0.4, 0.5) is 11.4 Å². The van der Waals surface area contributed by atoms with E-state index in [0.29, 0.717) is 12.0 Å². The molecule has 0 fully saturated rings. The van der Waals surface area contributed by atoms with Crippen LogP contribution in [0.1, 0.15) is 36.4 Å². The van der Waals surface area contributed by atoms with Crippen molar-refractivity contribution in [3.8, 4) is 0 Å². The Morgan fingerprint density at radius 1 is 0.964 bits per heavy atom. The number of carbonyl (C=O) groups excluding carboxylic acids is 1. The van der Waals surface area contributed by atoms with Crippen LogP contribution in [-0.4, -0.2) is 10.7 Å². The molecule has 1 atom stereocenters. The number of allylic oxidation sites excluding steroid dienone is 1. The summed E-state index contributed by atoms with van der Waals surface area (Å²) < 4.78 is 0. The van der Waals surface area contributed by atoms with Gasteiger partial charge >= 0.3 is 0 Å². The molecular formula is C23H18N2O3. The lowest BCUT2D eigenvalue weighted by molar-refractivity contribution is -0.385. The van der Waals surface area contributed by atoms with E-state index in [0.717, 1.165) is 46.0 Å². The maximum Gasteiger partial charge on any atom is 0.275 e. The molecule has 3 aromatic rings. The predicted octanol–water partition coefficient (Wildman–Crippen LogP) is 5.42. The van der Waals surface area contributed by atoms with Gasteiger partial charge in [0.1, 0.15) is 0 Å². The van der Waals surface area contributed by atoms with Crippen molar-refractivity contribution in [3.63, 3.8) is 0 Å². The number of carbonyl (C=O) groups is 1. The van der Waals surface area contributed by atoms with Crippen molar-refractivity contribution in [1.82, 2.24) is 0 Å². The van der Waals surface area contributed by atoms with Crippen LogP contribution in [0, 0.1) is 10.1 Å². The third-order valence-electron chi connectivity index (χ3n) is 5.72. The van der Waals surface area contributed by atoms with Gasteiger partial charge in [0.05, 0.1) is 16.5 Å². The fourth-order valence-electron chi connectivity index (χ4n) is 4.52. The Labute approximate surface area is 161 Å². The lowest BCUT2D eigenvalue weighted by Gasteiger charge is -2.35. The molecule has 3 aromatic carbocycles. The summed E-state index contributed by atoms with van der Waals surface area (Å²) in [5, 5.41) is 17.2. The normalized spacial score (nSPS) is 18.4. The van der Waals surface area contributed by atoms with Gasteiger partial charge in [0.2, 0.25) is 0 Å². The highest BCUT2D eigenvalue weighted by atomic mass is 16.6. The van der Waals surface area contributed by atoms with Gasteiger partial charge < -0.3 is 5.32 Å². The Bertz CT molecular complexity index is 1180. The number of nitrogens with zero attached hydrogens (tertiary/aromatic N) is 1. The second-order valence-electron chi connectivity index (χ2n) is 7.28. The second kappa shape index (κ2) is 6.30. The Morgan fingerprint density at radius 2 is 1.75 bits per heavy atom. The number of hydrogen-bond acceptors (Lipinski definition) is 4. The Hall–Kier alpha value is -3.47. The SMILES string of the molecule is O=C1CCCC2=C1c1c(ccc3ccccc13)N[C@H]2c1ccccc1[N+](=O)[O-]. The molecule has 2 aliphatic rings. The van der Waals surface area contributed by atoms with Gasteiger partial charge in [0.15, 0.2) is 5.78 Å². The number of rotatable bonds is 2. The molecule has 0 unspecified atom stereocenters. The zero-order valence-electron chi connectivity index (χ0n) is 15.1. The second-order valence-corrected chi connectivity index (χ2v) is 7.28. The number of nitro groups is 1. The number of fused-ring (bicyclic) bond motifs is 4. The molecule has 138 valence electrons. The summed E-state index contributed by atoms with van der Waals surface area (Å²) in [7, 11) is 0. The monoisotopic (exact) mass is 370 g/mol. The fraction of sp³-hybridized carbons (Fsp3) is 0.174. The predicted molar refractivity (Wildman–Crippen MR) is 109 cm³/mol. The molecule has 0 bridgehead atoms. The Kier molecular flexibility index (Phi) is 3.76. The summed E-state index contributed by atoms with van der Waals surface area (Å²) in [6.07, 6.45) is 2.05. The molecule has 5 nitrogen and oxygen atoms in total. The number of Topliss-reactive ketones (excluding diaryl/α,β-unsaturated/α-hetero) is 1. The van der Waals surface area contributed by atoms with E-state index in [-0.39, 0.29) is 22.4 Å². The van der Waals surface area contributed by atoms with E-state index in [1.807, 2.05) is 42.5 Å². The minimum atomic E-state index is -0.366. The third-order valence-corrected chi connectivity index (χ3v) is 5.72. The van der Waals surface area contributed by atoms with Crippen molar-refractivity contribution in [1.29, 1.82) is 0 Å². The zero-order valence-corrected chi connectivity index (χ0v) is 15.1. The Morgan fingerprint density at radius 3 is 2.61 bits per heavy atom. The summed E-state index contributed by atoms with van der Waals surface area (Å²) in [6, 6.07) is 18.5. The molecule has 1 N–H and O–H groups in total. The smallest absolute Gasteiger partial charge is 0.275 e. The standard InChI is InChI=1S/C23H18N2O3/c26-20-11-5-9-17-22(20)21-15-7-2-1-6-14(15)12-13-18(21)24-23(17)16-8-3-4-10-19(16)25(27)28/h1-4,6-8,10,12-13,23-24H,5,9,11H2/t23-/m0/s1. The highest BCUT2D eigenvalue weighted by Crippen LogP contribution is 2.48. The average molecular weight is 370 g/mol. The maximum absolute atomic E-state index is 13.0. The first-order valence-electron chi connectivity index (χ1n) is 9.43. The third kappa shape index (κ3) is 2.43. The van der Waals surface area contributed by atoms with Crippen LogP contribution in [0.15, 0.2) is 66.2 Å². The number of nitro benzene ring substituents is 1. The van der Waals surface area contributed by atoms with E-state index < -0.39 is 0 Å². The van der Waals surface area contributed by atoms with E-state index in [1.54, 1.807) is 12.1 Å². The first kappa shape index (κ1) is 16.7. The van der Waals surface area contributed by atoms with E-state index in [1.165, 1.54) is 6.07 Å². The van der Waals surface area contributed by atoms with Crippen LogP contribution in [0.3, 0.4) is 0 Å². The summed E-state index contributed by atoms with van der Waals surface area (Å²) in [5.74, 6) is 0.129. The van der Waals surface area contributed by atoms with Gasteiger partial charge in [-0.1, -0.05) is 42.5 Å².